The van der Waals surface area contributed by atoms with Crippen LogP contribution in [0.3, 0.4) is 0 Å². The third kappa shape index (κ3) is 2.61. The molecule has 1 heterocycles. The van der Waals surface area contributed by atoms with Crippen LogP contribution in [0.25, 0.3) is 0 Å². The standard InChI is InChI=1S/C13H20N2O/c1-2-15(13-7-14-8-13)9-11-3-5-12(10-16)6-4-11/h3-6,13-14,16H,2,7-10H2,1H3. The molecule has 3 heteroatoms. The Balaban J connectivity index is 1.95. The number of hydrogen-bond acceptors (Lipinski definition) is 3. The summed E-state index contributed by atoms with van der Waals surface area (Å²) in [6.07, 6.45) is 0. The molecule has 0 atom stereocenters. The van der Waals surface area contributed by atoms with E-state index in [-0.39, 0.29) is 6.61 Å². The molecular formula is C13H20N2O. The number of benzene rings is 1. The lowest BCUT2D eigenvalue weighted by Gasteiger charge is -2.37. The van der Waals surface area contributed by atoms with E-state index in [1.165, 1.54) is 5.56 Å². The maximum atomic E-state index is 8.97. The van der Waals surface area contributed by atoms with Crippen LogP contribution in [0.5, 0.6) is 0 Å². The number of aliphatic hydroxyl groups is 1. The zero-order valence-electron chi connectivity index (χ0n) is 9.82. The van der Waals surface area contributed by atoms with Crippen molar-refractivity contribution in [3.8, 4) is 0 Å². The van der Waals surface area contributed by atoms with E-state index in [1.807, 2.05) is 12.1 Å². The van der Waals surface area contributed by atoms with Crippen molar-refractivity contribution in [1.29, 1.82) is 0 Å². The van der Waals surface area contributed by atoms with Gasteiger partial charge in [0, 0.05) is 25.7 Å². The Bertz CT molecular complexity index is 319. The first-order valence-corrected chi connectivity index (χ1v) is 5.97. The predicted molar refractivity (Wildman–Crippen MR) is 65.1 cm³/mol. The minimum Gasteiger partial charge on any atom is -0.392 e. The molecule has 1 aromatic carbocycles. The van der Waals surface area contributed by atoms with Gasteiger partial charge in [-0.2, -0.15) is 0 Å². The molecule has 1 saturated heterocycles. The summed E-state index contributed by atoms with van der Waals surface area (Å²) in [6, 6.07) is 8.92. The van der Waals surface area contributed by atoms with Gasteiger partial charge in [0.25, 0.3) is 0 Å². The van der Waals surface area contributed by atoms with Crippen LogP contribution in [0, 0.1) is 0 Å². The lowest BCUT2D eigenvalue weighted by atomic mass is 10.1. The van der Waals surface area contributed by atoms with E-state index in [9.17, 15) is 0 Å². The molecule has 2 rings (SSSR count). The van der Waals surface area contributed by atoms with Crippen LogP contribution in [0.15, 0.2) is 24.3 Å². The average molecular weight is 220 g/mol. The van der Waals surface area contributed by atoms with Gasteiger partial charge in [0.1, 0.15) is 0 Å². The van der Waals surface area contributed by atoms with Crippen molar-refractivity contribution in [1.82, 2.24) is 10.2 Å². The minimum absolute atomic E-state index is 0.129. The smallest absolute Gasteiger partial charge is 0.0681 e. The van der Waals surface area contributed by atoms with Crippen LogP contribution in [-0.4, -0.2) is 35.7 Å². The maximum Gasteiger partial charge on any atom is 0.0681 e. The Morgan fingerprint density at radius 2 is 1.88 bits per heavy atom. The van der Waals surface area contributed by atoms with E-state index < -0.39 is 0 Å². The Hall–Kier alpha value is -0.900. The second kappa shape index (κ2) is 5.43. The van der Waals surface area contributed by atoms with Gasteiger partial charge in [0.15, 0.2) is 0 Å². The van der Waals surface area contributed by atoms with E-state index in [4.69, 9.17) is 5.11 Å². The van der Waals surface area contributed by atoms with E-state index >= 15 is 0 Å². The summed E-state index contributed by atoms with van der Waals surface area (Å²) in [5, 5.41) is 12.3. The molecule has 1 aliphatic heterocycles. The number of nitrogens with zero attached hydrogens (tertiary/aromatic N) is 1. The second-order valence-corrected chi connectivity index (χ2v) is 4.35. The summed E-state index contributed by atoms with van der Waals surface area (Å²) < 4.78 is 0. The predicted octanol–water partition coefficient (Wildman–Crippen LogP) is 0.973. The summed E-state index contributed by atoms with van der Waals surface area (Å²) in [4.78, 5) is 2.49. The third-order valence-electron chi connectivity index (χ3n) is 3.27. The monoisotopic (exact) mass is 220 g/mol. The molecule has 0 saturated carbocycles. The molecule has 0 aromatic heterocycles. The Morgan fingerprint density at radius 1 is 1.25 bits per heavy atom. The van der Waals surface area contributed by atoms with E-state index in [0.717, 1.165) is 31.7 Å². The van der Waals surface area contributed by atoms with Crippen molar-refractivity contribution in [3.05, 3.63) is 35.4 Å². The highest BCUT2D eigenvalue weighted by molar-refractivity contribution is 5.22. The molecule has 0 aliphatic carbocycles. The Kier molecular flexibility index (Phi) is 3.93. The van der Waals surface area contributed by atoms with Gasteiger partial charge in [-0.3, -0.25) is 4.90 Å². The normalized spacial score (nSPS) is 16.4. The highest BCUT2D eigenvalue weighted by Gasteiger charge is 2.22. The van der Waals surface area contributed by atoms with Crippen molar-refractivity contribution in [3.63, 3.8) is 0 Å². The SMILES string of the molecule is CCN(Cc1ccc(CO)cc1)C1CNC1. The van der Waals surface area contributed by atoms with E-state index in [0.29, 0.717) is 6.04 Å². The zero-order chi connectivity index (χ0) is 11.4. The van der Waals surface area contributed by atoms with Crippen LogP contribution in [0.4, 0.5) is 0 Å². The van der Waals surface area contributed by atoms with Crippen molar-refractivity contribution in [2.75, 3.05) is 19.6 Å². The maximum absolute atomic E-state index is 8.97. The van der Waals surface area contributed by atoms with Crippen molar-refractivity contribution in [2.24, 2.45) is 0 Å². The van der Waals surface area contributed by atoms with Crippen molar-refractivity contribution in [2.45, 2.75) is 26.1 Å². The second-order valence-electron chi connectivity index (χ2n) is 4.35. The quantitative estimate of drug-likeness (QED) is 0.776. The Morgan fingerprint density at radius 3 is 2.31 bits per heavy atom. The lowest BCUT2D eigenvalue weighted by Crippen LogP contribution is -2.56. The molecule has 1 aromatic rings. The number of aliphatic hydroxyl groups excluding tert-OH is 1. The van der Waals surface area contributed by atoms with Gasteiger partial charge in [0.2, 0.25) is 0 Å². The summed E-state index contributed by atoms with van der Waals surface area (Å²) in [7, 11) is 0. The van der Waals surface area contributed by atoms with Gasteiger partial charge in [-0.25, -0.2) is 0 Å². The average Bonchev–Trinajstić information content (AvgIpc) is 2.26. The largest absolute Gasteiger partial charge is 0.392 e. The van der Waals surface area contributed by atoms with Gasteiger partial charge in [-0.1, -0.05) is 31.2 Å². The first-order chi connectivity index (χ1) is 7.83. The van der Waals surface area contributed by atoms with Crippen LogP contribution in [-0.2, 0) is 13.2 Å². The Labute approximate surface area is 97.1 Å². The highest BCUT2D eigenvalue weighted by Crippen LogP contribution is 2.12. The summed E-state index contributed by atoms with van der Waals surface area (Å²) in [5.74, 6) is 0. The molecule has 0 radical (unpaired) electrons. The van der Waals surface area contributed by atoms with Gasteiger partial charge >= 0.3 is 0 Å². The van der Waals surface area contributed by atoms with Gasteiger partial charge in [-0.05, 0) is 17.7 Å². The van der Waals surface area contributed by atoms with Gasteiger partial charge in [0.05, 0.1) is 6.61 Å². The molecule has 2 N–H and O–H groups in total. The summed E-state index contributed by atoms with van der Waals surface area (Å²) in [5.41, 5.74) is 2.31. The van der Waals surface area contributed by atoms with Crippen LogP contribution >= 0.6 is 0 Å². The van der Waals surface area contributed by atoms with E-state index in [1.54, 1.807) is 0 Å². The van der Waals surface area contributed by atoms with Gasteiger partial charge < -0.3 is 10.4 Å². The lowest BCUT2D eigenvalue weighted by molar-refractivity contribution is 0.145. The third-order valence-corrected chi connectivity index (χ3v) is 3.27. The van der Waals surface area contributed by atoms with Crippen LogP contribution < -0.4 is 5.32 Å². The molecule has 0 spiro atoms. The molecular weight excluding hydrogens is 200 g/mol. The number of nitrogens with one attached hydrogen (secondary N) is 1. The molecule has 16 heavy (non-hydrogen) atoms. The molecule has 1 fully saturated rings. The highest BCUT2D eigenvalue weighted by atomic mass is 16.3. The zero-order valence-corrected chi connectivity index (χ0v) is 9.82. The summed E-state index contributed by atoms with van der Waals surface area (Å²) >= 11 is 0. The first-order valence-electron chi connectivity index (χ1n) is 5.97. The fourth-order valence-corrected chi connectivity index (χ4v) is 2.02. The number of rotatable bonds is 5. The van der Waals surface area contributed by atoms with Gasteiger partial charge in [-0.15, -0.1) is 0 Å². The molecule has 1 aliphatic rings. The summed E-state index contributed by atoms with van der Waals surface area (Å²) in [6.45, 7) is 6.67. The number of hydrogen-bond donors (Lipinski definition) is 2. The van der Waals surface area contributed by atoms with Crippen LogP contribution in [0.2, 0.25) is 0 Å². The fourth-order valence-electron chi connectivity index (χ4n) is 2.02. The molecule has 3 nitrogen and oxygen atoms in total. The van der Waals surface area contributed by atoms with Crippen molar-refractivity contribution < 1.29 is 5.11 Å². The number of likely N-dealkylation sites (N-methyl/N-ethyl adjacent to an activating group) is 1. The minimum atomic E-state index is 0.129. The van der Waals surface area contributed by atoms with E-state index in [2.05, 4.69) is 29.3 Å². The molecule has 88 valence electrons. The molecule has 0 unspecified atom stereocenters. The fraction of sp³-hybridized carbons (Fsp3) is 0.538. The molecule has 0 bridgehead atoms. The van der Waals surface area contributed by atoms with Crippen molar-refractivity contribution >= 4 is 0 Å². The molecule has 0 amide bonds. The first kappa shape index (κ1) is 11.6. The topological polar surface area (TPSA) is 35.5 Å². The van der Waals surface area contributed by atoms with Crippen LogP contribution in [0.1, 0.15) is 18.1 Å².